The summed E-state index contributed by atoms with van der Waals surface area (Å²) in [5, 5.41) is 1.60. The average Bonchev–Trinajstić information content (AvgIpc) is 1.41. The van der Waals surface area contributed by atoms with Gasteiger partial charge in [-0.05, 0) is 0 Å². The molecule has 0 saturated carbocycles. The van der Waals surface area contributed by atoms with Gasteiger partial charge in [0.25, 0.3) is 0 Å². The SMILES string of the molecule is S=C/C=C\[TeH]. The van der Waals surface area contributed by atoms with E-state index in [4.69, 9.17) is 0 Å². The number of hydrogen-bond donors (Lipinski definition) is 0. The molecule has 0 rings (SSSR count). The van der Waals surface area contributed by atoms with Crippen LogP contribution in [0.15, 0.2) is 10.2 Å². The molecule has 2 heteroatoms. The number of thiocarbonyl (C=S) groups is 1. The molecule has 0 aromatic carbocycles. The summed E-state index contributed by atoms with van der Waals surface area (Å²) in [7, 11) is 0. The van der Waals surface area contributed by atoms with Gasteiger partial charge in [-0.2, -0.15) is 0 Å². The number of rotatable bonds is 1. The fraction of sp³-hybridized carbons (Fsp3) is 0. The van der Waals surface area contributed by atoms with E-state index in [1.165, 1.54) is 0 Å². The Morgan fingerprint density at radius 3 is 2.20 bits per heavy atom. The van der Waals surface area contributed by atoms with Crippen LogP contribution in [0.3, 0.4) is 0 Å². The summed E-state index contributed by atoms with van der Waals surface area (Å²) in [4.78, 5) is 0. The van der Waals surface area contributed by atoms with Crippen LogP contribution in [0.4, 0.5) is 0 Å². The fourth-order valence-electron chi connectivity index (χ4n) is 0.0351. The summed E-state index contributed by atoms with van der Waals surface area (Å²) in [6.07, 6.45) is 1.84. The van der Waals surface area contributed by atoms with Gasteiger partial charge in [-0.25, -0.2) is 0 Å². The molecule has 0 aliphatic heterocycles. The molecule has 0 saturated heterocycles. The van der Waals surface area contributed by atoms with Gasteiger partial charge in [-0.15, -0.1) is 0 Å². The Morgan fingerprint density at radius 2 is 2.20 bits per heavy atom. The Labute approximate surface area is 50.2 Å². The summed E-state index contributed by atoms with van der Waals surface area (Å²) in [6, 6.07) is 0. The standard InChI is InChI=1S/C3H4STe/c4-2-1-3-5/h1-3,5H/b3-1-. The van der Waals surface area contributed by atoms with Crippen LogP contribution >= 0.6 is 12.2 Å². The van der Waals surface area contributed by atoms with Crippen molar-refractivity contribution in [1.82, 2.24) is 0 Å². The van der Waals surface area contributed by atoms with Crippen molar-refractivity contribution < 1.29 is 0 Å². The van der Waals surface area contributed by atoms with Gasteiger partial charge in [0.1, 0.15) is 0 Å². The Kier molecular flexibility index (Phi) is 5.19. The molecule has 0 aromatic rings. The Balaban J connectivity index is 2.92. The quantitative estimate of drug-likeness (QED) is 0.335. The van der Waals surface area contributed by atoms with E-state index in [1.807, 2.05) is 10.2 Å². The Bertz CT molecular complexity index is 48.9. The van der Waals surface area contributed by atoms with Gasteiger partial charge < -0.3 is 0 Å². The summed E-state index contributed by atoms with van der Waals surface area (Å²) in [5.41, 5.74) is 0. The zero-order valence-electron chi connectivity index (χ0n) is 2.59. The minimum absolute atomic E-state index is 1.60. The third kappa shape index (κ3) is 4.62. The van der Waals surface area contributed by atoms with Crippen LogP contribution < -0.4 is 0 Å². The van der Waals surface area contributed by atoms with Crippen LogP contribution in [0.5, 0.6) is 0 Å². The molecule has 0 radical (unpaired) electrons. The second-order valence-corrected chi connectivity index (χ2v) is 1.60. The van der Waals surface area contributed by atoms with Crippen LogP contribution in [0, 0.1) is 0 Å². The van der Waals surface area contributed by atoms with Crippen molar-refractivity contribution in [2.45, 2.75) is 0 Å². The molecule has 5 heavy (non-hydrogen) atoms. The van der Waals surface area contributed by atoms with Gasteiger partial charge in [0.15, 0.2) is 0 Å². The molecule has 0 aliphatic rings. The molecular weight excluding hydrogens is 196 g/mol. The van der Waals surface area contributed by atoms with E-state index < -0.39 is 0 Å². The monoisotopic (exact) mass is 202 g/mol. The van der Waals surface area contributed by atoms with Crippen molar-refractivity contribution in [3.8, 4) is 0 Å². The minimum atomic E-state index is 1.60. The van der Waals surface area contributed by atoms with Gasteiger partial charge in [0.05, 0.1) is 0 Å². The van der Waals surface area contributed by atoms with Crippen molar-refractivity contribution in [3.63, 3.8) is 0 Å². The first kappa shape index (κ1) is 5.62. The third-order valence-corrected chi connectivity index (χ3v) is 0.813. The van der Waals surface area contributed by atoms with Crippen molar-refractivity contribution in [2.75, 3.05) is 0 Å². The van der Waals surface area contributed by atoms with Crippen LogP contribution in [0.1, 0.15) is 0 Å². The summed E-state index contributed by atoms with van der Waals surface area (Å²) in [6.45, 7) is 0. The van der Waals surface area contributed by atoms with Gasteiger partial charge in [-0.3, -0.25) is 0 Å². The molecule has 0 amide bonds. The maximum absolute atomic E-state index is 4.45. The normalized spacial score (nSPS) is 9.00. The Morgan fingerprint density at radius 1 is 1.60 bits per heavy atom. The molecule has 0 spiro atoms. The van der Waals surface area contributed by atoms with Crippen LogP contribution in [-0.2, 0) is 0 Å². The zero-order valence-corrected chi connectivity index (χ0v) is 5.96. The number of hydrogen-bond acceptors (Lipinski definition) is 1. The first-order chi connectivity index (χ1) is 2.41. The van der Waals surface area contributed by atoms with Crippen molar-refractivity contribution in [1.29, 1.82) is 0 Å². The van der Waals surface area contributed by atoms with E-state index >= 15 is 0 Å². The van der Waals surface area contributed by atoms with Crippen molar-refractivity contribution in [2.24, 2.45) is 0 Å². The molecule has 0 heterocycles. The van der Waals surface area contributed by atoms with Crippen molar-refractivity contribution in [3.05, 3.63) is 10.2 Å². The second-order valence-electron chi connectivity index (χ2n) is 0.478. The van der Waals surface area contributed by atoms with E-state index in [-0.39, 0.29) is 0 Å². The topological polar surface area (TPSA) is 0 Å². The third-order valence-electron chi connectivity index (χ3n) is 0.165. The van der Waals surface area contributed by atoms with E-state index in [1.54, 1.807) is 27.7 Å². The zero-order chi connectivity index (χ0) is 4.12. The van der Waals surface area contributed by atoms with Crippen LogP contribution in [0.25, 0.3) is 0 Å². The molecule has 0 unspecified atom stereocenters. The summed E-state index contributed by atoms with van der Waals surface area (Å²) >= 11 is 6.09. The van der Waals surface area contributed by atoms with E-state index in [0.717, 1.165) is 0 Å². The summed E-state index contributed by atoms with van der Waals surface area (Å²) < 4.78 is 1.95. The molecule has 28 valence electrons. The maximum atomic E-state index is 4.45. The van der Waals surface area contributed by atoms with Gasteiger partial charge >= 0.3 is 50.1 Å². The predicted molar refractivity (Wildman–Crippen MR) is 29.9 cm³/mol. The van der Waals surface area contributed by atoms with Crippen LogP contribution in [0.2, 0.25) is 0 Å². The molecular formula is C3H4STe. The first-order valence-electron chi connectivity index (χ1n) is 1.16. The molecule has 0 aliphatic carbocycles. The molecule has 0 atom stereocenters. The molecule has 0 aromatic heterocycles. The molecule has 0 fully saturated rings. The predicted octanol–water partition coefficient (Wildman–Crippen LogP) is 0.401. The van der Waals surface area contributed by atoms with Crippen LogP contribution in [-0.4, -0.2) is 27.7 Å². The second kappa shape index (κ2) is 4.62. The molecule has 0 bridgehead atoms. The Hall–Kier alpha value is 0.620. The fourth-order valence-corrected chi connectivity index (χ4v) is 0.707. The van der Waals surface area contributed by atoms with E-state index in [2.05, 4.69) is 12.2 Å². The van der Waals surface area contributed by atoms with Crippen molar-refractivity contribution >= 4 is 39.9 Å². The van der Waals surface area contributed by atoms with Gasteiger partial charge in [0.2, 0.25) is 0 Å². The van der Waals surface area contributed by atoms with Gasteiger partial charge in [0, 0.05) is 0 Å². The molecule has 0 N–H and O–H groups in total. The molecule has 0 nitrogen and oxygen atoms in total. The van der Waals surface area contributed by atoms with Gasteiger partial charge in [-0.1, -0.05) is 0 Å². The van der Waals surface area contributed by atoms with E-state index in [9.17, 15) is 0 Å². The summed E-state index contributed by atoms with van der Waals surface area (Å²) in [5.74, 6) is 0. The van der Waals surface area contributed by atoms with E-state index in [0.29, 0.717) is 0 Å². The first-order valence-corrected chi connectivity index (χ1v) is 3.11. The average molecular weight is 200 g/mol. The number of allylic oxidation sites excluding steroid dienone is 1.